The smallest absolute Gasteiger partial charge is 0.335 e. The van der Waals surface area contributed by atoms with E-state index in [1.165, 1.54) is 12.4 Å². The van der Waals surface area contributed by atoms with Crippen molar-refractivity contribution in [3.8, 4) is 17.0 Å². The second kappa shape index (κ2) is 9.91. The number of anilines is 1. The number of hydrogen-bond acceptors (Lipinski definition) is 5. The van der Waals surface area contributed by atoms with Crippen LogP contribution in [0, 0.1) is 12.7 Å². The molecule has 7 nitrogen and oxygen atoms in total. The van der Waals surface area contributed by atoms with Crippen LogP contribution in [0.5, 0.6) is 5.75 Å². The van der Waals surface area contributed by atoms with Gasteiger partial charge in [-0.25, -0.2) is 19.2 Å². The Balaban J connectivity index is 1.53. The Morgan fingerprint density at radius 2 is 2.00 bits per heavy atom. The average Bonchev–Trinajstić information content (AvgIpc) is 3.16. The van der Waals surface area contributed by atoms with Crippen LogP contribution in [0.15, 0.2) is 48.8 Å². The van der Waals surface area contributed by atoms with Gasteiger partial charge in [0.05, 0.1) is 23.9 Å². The van der Waals surface area contributed by atoms with Crippen molar-refractivity contribution < 1.29 is 19.0 Å². The topological polar surface area (TPSA) is 89.3 Å². The van der Waals surface area contributed by atoms with Crippen molar-refractivity contribution in [2.75, 3.05) is 19.0 Å². The summed E-state index contributed by atoms with van der Waals surface area (Å²) in [6.07, 6.45) is 3.00. The highest BCUT2D eigenvalue weighted by atomic mass is 19.1. The number of carboxylic acids is 1. The number of benzene rings is 2. The Morgan fingerprint density at radius 3 is 2.74 bits per heavy atom. The van der Waals surface area contributed by atoms with Crippen molar-refractivity contribution >= 4 is 22.7 Å². The van der Waals surface area contributed by atoms with Gasteiger partial charge in [-0.3, -0.25) is 0 Å². The van der Waals surface area contributed by atoms with Crippen LogP contribution in [0.3, 0.4) is 0 Å². The van der Waals surface area contributed by atoms with Crippen molar-refractivity contribution in [1.29, 1.82) is 0 Å². The molecule has 2 aromatic heterocycles. The second-order valence-corrected chi connectivity index (χ2v) is 8.09. The van der Waals surface area contributed by atoms with Gasteiger partial charge < -0.3 is 19.7 Å². The first-order valence-electron chi connectivity index (χ1n) is 11.2. The summed E-state index contributed by atoms with van der Waals surface area (Å²) >= 11 is 0. The summed E-state index contributed by atoms with van der Waals surface area (Å²) in [6.45, 7) is 5.02. The van der Waals surface area contributed by atoms with E-state index in [1.807, 2.05) is 36.6 Å². The van der Waals surface area contributed by atoms with Crippen LogP contribution in [-0.2, 0) is 13.0 Å². The lowest BCUT2D eigenvalue weighted by atomic mass is 9.99. The van der Waals surface area contributed by atoms with Crippen LogP contribution in [0.25, 0.3) is 22.2 Å². The van der Waals surface area contributed by atoms with E-state index in [0.29, 0.717) is 47.9 Å². The predicted molar refractivity (Wildman–Crippen MR) is 130 cm³/mol. The van der Waals surface area contributed by atoms with Gasteiger partial charge in [0, 0.05) is 35.8 Å². The van der Waals surface area contributed by atoms with Crippen LogP contribution in [0.4, 0.5) is 10.2 Å². The molecule has 0 aliphatic carbocycles. The Labute approximate surface area is 197 Å². The molecule has 0 radical (unpaired) electrons. The number of nitrogens with one attached hydrogen (secondary N) is 1. The lowest BCUT2D eigenvalue weighted by molar-refractivity contribution is 0.0695. The number of fused-ring (bicyclic) bond motifs is 1. The molecule has 2 heterocycles. The fourth-order valence-electron chi connectivity index (χ4n) is 4.25. The lowest BCUT2D eigenvalue weighted by Gasteiger charge is -2.12. The van der Waals surface area contributed by atoms with E-state index in [9.17, 15) is 14.3 Å². The molecule has 0 atom stereocenters. The molecule has 0 amide bonds. The third kappa shape index (κ3) is 4.57. The minimum absolute atomic E-state index is 0.291. The van der Waals surface area contributed by atoms with Crippen molar-refractivity contribution in [3.05, 3.63) is 71.4 Å². The number of halogens is 1. The van der Waals surface area contributed by atoms with Gasteiger partial charge in [-0.2, -0.15) is 0 Å². The molecule has 4 rings (SSSR count). The number of rotatable bonds is 9. The number of aryl methyl sites for hydroxylation is 2. The van der Waals surface area contributed by atoms with Gasteiger partial charge in [0.25, 0.3) is 0 Å². The summed E-state index contributed by atoms with van der Waals surface area (Å²) in [5.74, 6) is 0.0578. The number of carbonyl (C=O) groups is 1. The maximum absolute atomic E-state index is 14.6. The maximum atomic E-state index is 14.6. The van der Waals surface area contributed by atoms with E-state index in [1.54, 1.807) is 25.3 Å². The highest BCUT2D eigenvalue weighted by Crippen LogP contribution is 2.31. The van der Waals surface area contributed by atoms with Crippen molar-refractivity contribution in [2.45, 2.75) is 33.2 Å². The number of carboxylic acid groups (broad SMARTS) is 1. The first kappa shape index (κ1) is 23.2. The quantitative estimate of drug-likeness (QED) is 0.350. The Hall–Kier alpha value is -3.94. The number of aromatic carboxylic acids is 1. The van der Waals surface area contributed by atoms with Crippen LogP contribution in [0.1, 0.15) is 35.0 Å². The first-order valence-corrected chi connectivity index (χ1v) is 11.2. The molecule has 0 spiro atoms. The molecule has 0 unspecified atom stereocenters. The summed E-state index contributed by atoms with van der Waals surface area (Å²) in [7, 11) is 1.58. The standard InChI is InChI=1S/C26H27FN4O3/c1-4-5-17-13-18(6-7-19(17)26(32)33)22-14-24(30-15-29-22)28-10-11-31-16(2)12-20-23(34-3)9-8-21(27)25(20)31/h6-9,12-15H,4-5,10-11H2,1-3H3,(H,32,33)(H,28,29,30). The molecule has 34 heavy (non-hydrogen) atoms. The average molecular weight is 463 g/mol. The summed E-state index contributed by atoms with van der Waals surface area (Å²) in [6, 6.07) is 12.1. The normalized spacial score (nSPS) is 11.1. The minimum Gasteiger partial charge on any atom is -0.496 e. The third-order valence-electron chi connectivity index (χ3n) is 5.86. The fraction of sp³-hybridized carbons (Fsp3) is 0.269. The van der Waals surface area contributed by atoms with Gasteiger partial charge in [0.2, 0.25) is 0 Å². The van der Waals surface area contributed by atoms with Crippen molar-refractivity contribution in [3.63, 3.8) is 0 Å². The van der Waals surface area contributed by atoms with Gasteiger partial charge in [0.1, 0.15) is 23.7 Å². The minimum atomic E-state index is -0.929. The predicted octanol–water partition coefficient (Wildman–Crippen LogP) is 5.32. The van der Waals surface area contributed by atoms with Crippen LogP contribution >= 0.6 is 0 Å². The van der Waals surface area contributed by atoms with E-state index >= 15 is 0 Å². The zero-order valence-corrected chi connectivity index (χ0v) is 19.4. The Bertz CT molecular complexity index is 1350. The molecule has 8 heteroatoms. The Kier molecular flexibility index (Phi) is 6.77. The molecular formula is C26H27FN4O3. The van der Waals surface area contributed by atoms with Gasteiger partial charge in [-0.1, -0.05) is 19.4 Å². The number of aromatic nitrogens is 3. The van der Waals surface area contributed by atoms with E-state index < -0.39 is 5.97 Å². The van der Waals surface area contributed by atoms with Crippen LogP contribution in [0.2, 0.25) is 0 Å². The maximum Gasteiger partial charge on any atom is 0.335 e. The van der Waals surface area contributed by atoms with E-state index in [-0.39, 0.29) is 5.82 Å². The summed E-state index contributed by atoms with van der Waals surface area (Å²) < 4.78 is 21.9. The highest BCUT2D eigenvalue weighted by Gasteiger charge is 2.15. The fourth-order valence-corrected chi connectivity index (χ4v) is 4.25. The summed E-state index contributed by atoms with van der Waals surface area (Å²) in [5.41, 5.74) is 4.09. The van der Waals surface area contributed by atoms with Crippen molar-refractivity contribution in [2.24, 2.45) is 0 Å². The van der Waals surface area contributed by atoms with E-state index in [0.717, 1.165) is 28.6 Å². The molecule has 2 N–H and O–H groups in total. The first-order chi connectivity index (χ1) is 16.4. The number of methoxy groups -OCH3 is 1. The number of nitrogens with zero attached hydrogens (tertiary/aromatic N) is 3. The molecule has 0 fully saturated rings. The molecule has 0 saturated heterocycles. The zero-order valence-electron chi connectivity index (χ0n) is 19.4. The molecule has 176 valence electrons. The van der Waals surface area contributed by atoms with E-state index in [2.05, 4.69) is 15.3 Å². The largest absolute Gasteiger partial charge is 0.496 e. The lowest BCUT2D eigenvalue weighted by Crippen LogP contribution is -2.13. The molecular weight excluding hydrogens is 435 g/mol. The molecule has 4 aromatic rings. The van der Waals surface area contributed by atoms with E-state index in [4.69, 9.17) is 4.74 Å². The third-order valence-corrected chi connectivity index (χ3v) is 5.86. The second-order valence-electron chi connectivity index (χ2n) is 8.09. The van der Waals surface area contributed by atoms with Crippen molar-refractivity contribution in [1.82, 2.24) is 14.5 Å². The SMILES string of the molecule is CCCc1cc(-c2cc(NCCn3c(C)cc4c(OC)ccc(F)c43)ncn2)ccc1C(=O)O. The molecule has 0 saturated carbocycles. The zero-order chi connectivity index (χ0) is 24.2. The highest BCUT2D eigenvalue weighted by molar-refractivity contribution is 5.90. The van der Waals surface area contributed by atoms with Gasteiger partial charge in [-0.05, 0) is 49.2 Å². The molecule has 0 bridgehead atoms. The monoisotopic (exact) mass is 462 g/mol. The van der Waals surface area contributed by atoms with Gasteiger partial charge >= 0.3 is 5.97 Å². The Morgan fingerprint density at radius 1 is 1.18 bits per heavy atom. The molecule has 0 aliphatic heterocycles. The number of ether oxygens (including phenoxy) is 1. The van der Waals surface area contributed by atoms with Gasteiger partial charge in [-0.15, -0.1) is 0 Å². The van der Waals surface area contributed by atoms with Crippen LogP contribution < -0.4 is 10.1 Å². The summed E-state index contributed by atoms with van der Waals surface area (Å²) in [4.78, 5) is 20.2. The van der Waals surface area contributed by atoms with Gasteiger partial charge in [0.15, 0.2) is 0 Å². The van der Waals surface area contributed by atoms with Crippen LogP contribution in [-0.4, -0.2) is 39.3 Å². The number of hydrogen-bond donors (Lipinski definition) is 2. The molecule has 0 aliphatic rings. The molecule has 2 aromatic carbocycles. The summed E-state index contributed by atoms with van der Waals surface area (Å²) in [5, 5.41) is 13.5.